The van der Waals surface area contributed by atoms with Gasteiger partial charge in [0.15, 0.2) is 11.4 Å². The van der Waals surface area contributed by atoms with Crippen molar-refractivity contribution in [2.75, 3.05) is 5.32 Å². The highest BCUT2D eigenvalue weighted by atomic mass is 16.5. The van der Waals surface area contributed by atoms with Crippen molar-refractivity contribution in [2.45, 2.75) is 25.7 Å². The molecule has 10 heteroatoms. The van der Waals surface area contributed by atoms with Crippen LogP contribution in [-0.4, -0.2) is 30.0 Å². The van der Waals surface area contributed by atoms with E-state index in [1.165, 1.54) is 13.1 Å². The molecule has 0 unspecified atom stereocenters. The van der Waals surface area contributed by atoms with E-state index in [1.54, 1.807) is 53.6 Å². The van der Waals surface area contributed by atoms with Gasteiger partial charge in [-0.2, -0.15) is 9.97 Å². The first-order valence-electron chi connectivity index (χ1n) is 10.5. The number of ether oxygens (including phenoxy) is 2. The zero-order valence-corrected chi connectivity index (χ0v) is 18.4. The number of anilines is 1. The molecule has 4 aromatic heterocycles. The summed E-state index contributed by atoms with van der Waals surface area (Å²) in [5, 5.41) is 2.61. The molecule has 0 aliphatic heterocycles. The topological polar surface area (TPSA) is 113 Å². The van der Waals surface area contributed by atoms with E-state index in [4.69, 9.17) is 9.47 Å². The number of amides is 1. The molecule has 0 saturated heterocycles. The summed E-state index contributed by atoms with van der Waals surface area (Å²) in [6.45, 7) is 1.41. The van der Waals surface area contributed by atoms with Gasteiger partial charge in [-0.25, -0.2) is 4.98 Å². The predicted octanol–water partition coefficient (Wildman–Crippen LogP) is 3.48. The van der Waals surface area contributed by atoms with Gasteiger partial charge in [0.2, 0.25) is 11.8 Å². The Labute approximate surface area is 188 Å². The van der Waals surface area contributed by atoms with Gasteiger partial charge in [-0.3, -0.25) is 14.2 Å². The molecule has 5 rings (SSSR count). The number of fused-ring (bicyclic) bond motifs is 1. The van der Waals surface area contributed by atoms with Gasteiger partial charge in [0, 0.05) is 45.5 Å². The van der Waals surface area contributed by atoms with Crippen LogP contribution in [0.25, 0.3) is 11.2 Å². The molecule has 0 bridgehead atoms. The van der Waals surface area contributed by atoms with Gasteiger partial charge in [0.05, 0.1) is 0 Å². The smallest absolute Gasteiger partial charge is 0.304 e. The van der Waals surface area contributed by atoms with Gasteiger partial charge in [-0.1, -0.05) is 0 Å². The summed E-state index contributed by atoms with van der Waals surface area (Å²) in [6.07, 6.45) is 5.65. The summed E-state index contributed by atoms with van der Waals surface area (Å²) in [5.41, 5.74) is 2.00. The summed E-state index contributed by atoms with van der Waals surface area (Å²) in [4.78, 5) is 36.9. The lowest BCUT2D eigenvalue weighted by atomic mass is 10.2. The fourth-order valence-corrected chi connectivity index (χ4v) is 3.54. The molecule has 0 atom stereocenters. The highest BCUT2D eigenvalue weighted by molar-refractivity contribution is 5.87. The summed E-state index contributed by atoms with van der Waals surface area (Å²) in [5.74, 6) is 1.69. The molecule has 0 spiro atoms. The zero-order valence-electron chi connectivity index (χ0n) is 18.4. The third kappa shape index (κ3) is 4.27. The maximum atomic E-state index is 12.6. The predicted molar refractivity (Wildman–Crippen MR) is 121 cm³/mol. The molecule has 1 aliphatic rings. The van der Waals surface area contributed by atoms with E-state index < -0.39 is 0 Å². The highest BCUT2D eigenvalue weighted by Gasteiger charge is 2.25. The molecule has 4 aromatic rings. The lowest BCUT2D eigenvalue weighted by Crippen LogP contribution is -2.18. The Morgan fingerprint density at radius 3 is 2.70 bits per heavy atom. The minimum atomic E-state index is -0.226. The number of carbonyl (C=O) groups excluding carboxylic acids is 1. The van der Waals surface area contributed by atoms with Crippen LogP contribution in [0.4, 0.5) is 5.82 Å². The Balaban J connectivity index is 1.43. The molecular weight excluding hydrogens is 424 g/mol. The Kier molecular flexibility index (Phi) is 5.04. The molecule has 1 saturated carbocycles. The van der Waals surface area contributed by atoms with E-state index in [0.29, 0.717) is 34.5 Å². The normalized spacial score (nSPS) is 13.2. The van der Waals surface area contributed by atoms with Crippen LogP contribution in [-0.2, 0) is 18.9 Å². The SMILES string of the molecule is CC(=O)Nc1cc(Oc2ccc3nc(Oc4cc(C5CC5)cn(C)c4=O)n(C)c3n2)ccn1. The molecule has 10 nitrogen and oxygen atoms in total. The average molecular weight is 446 g/mol. The summed E-state index contributed by atoms with van der Waals surface area (Å²) >= 11 is 0. The van der Waals surface area contributed by atoms with Gasteiger partial charge in [0.25, 0.3) is 5.56 Å². The monoisotopic (exact) mass is 446 g/mol. The largest absolute Gasteiger partial charge is 0.439 e. The quantitative estimate of drug-likeness (QED) is 0.482. The van der Waals surface area contributed by atoms with Crippen LogP contribution in [0.2, 0.25) is 0 Å². The zero-order chi connectivity index (χ0) is 23.1. The fraction of sp³-hybridized carbons (Fsp3) is 0.261. The third-order valence-corrected chi connectivity index (χ3v) is 5.33. The second-order valence-electron chi connectivity index (χ2n) is 8.04. The number of imidazole rings is 1. The Morgan fingerprint density at radius 2 is 1.94 bits per heavy atom. The highest BCUT2D eigenvalue weighted by Crippen LogP contribution is 2.40. The number of aryl methyl sites for hydroxylation is 2. The molecule has 1 aliphatic carbocycles. The number of rotatable bonds is 6. The molecular formula is C23H22N6O4. The van der Waals surface area contributed by atoms with Crippen LogP contribution in [0.15, 0.2) is 47.5 Å². The van der Waals surface area contributed by atoms with Crippen molar-refractivity contribution in [3.63, 3.8) is 0 Å². The molecule has 1 amide bonds. The van der Waals surface area contributed by atoms with E-state index >= 15 is 0 Å². The minimum absolute atomic E-state index is 0.223. The lowest BCUT2D eigenvalue weighted by Gasteiger charge is -2.09. The minimum Gasteiger partial charge on any atom is -0.439 e. The summed E-state index contributed by atoms with van der Waals surface area (Å²) in [6, 6.07) is 8.78. The van der Waals surface area contributed by atoms with Gasteiger partial charge in [0.1, 0.15) is 17.1 Å². The number of pyridine rings is 3. The van der Waals surface area contributed by atoms with Crippen LogP contribution in [0.1, 0.15) is 31.2 Å². The van der Waals surface area contributed by atoms with Crippen LogP contribution in [0.3, 0.4) is 0 Å². The average Bonchev–Trinajstić information content (AvgIpc) is 3.57. The Hall–Kier alpha value is -4.21. The van der Waals surface area contributed by atoms with Crippen molar-refractivity contribution in [2.24, 2.45) is 14.1 Å². The number of nitrogens with one attached hydrogen (secondary N) is 1. The van der Waals surface area contributed by atoms with Crippen LogP contribution in [0, 0.1) is 0 Å². The van der Waals surface area contributed by atoms with Gasteiger partial charge < -0.3 is 19.4 Å². The molecule has 0 radical (unpaired) electrons. The number of hydrogen-bond donors (Lipinski definition) is 1. The van der Waals surface area contributed by atoms with Gasteiger partial charge >= 0.3 is 6.01 Å². The van der Waals surface area contributed by atoms with Crippen LogP contribution >= 0.6 is 0 Å². The molecule has 168 valence electrons. The van der Waals surface area contributed by atoms with E-state index in [0.717, 1.165) is 18.4 Å². The molecule has 1 N–H and O–H groups in total. The first-order valence-corrected chi connectivity index (χ1v) is 10.5. The van der Waals surface area contributed by atoms with Crippen molar-refractivity contribution < 1.29 is 14.3 Å². The lowest BCUT2D eigenvalue weighted by molar-refractivity contribution is -0.114. The van der Waals surface area contributed by atoms with Crippen molar-refractivity contribution >= 4 is 22.9 Å². The maximum Gasteiger partial charge on any atom is 0.304 e. The van der Waals surface area contributed by atoms with E-state index in [1.807, 2.05) is 6.20 Å². The molecule has 4 heterocycles. The van der Waals surface area contributed by atoms with Crippen LogP contribution < -0.4 is 20.3 Å². The van der Waals surface area contributed by atoms with E-state index in [9.17, 15) is 9.59 Å². The van der Waals surface area contributed by atoms with Crippen molar-refractivity contribution in [3.8, 4) is 23.4 Å². The van der Waals surface area contributed by atoms with Crippen molar-refractivity contribution in [1.82, 2.24) is 24.1 Å². The second-order valence-corrected chi connectivity index (χ2v) is 8.04. The molecule has 1 fully saturated rings. The Bertz CT molecular complexity index is 1440. The number of aromatic nitrogens is 5. The summed E-state index contributed by atoms with van der Waals surface area (Å²) in [7, 11) is 3.48. The first kappa shape index (κ1) is 20.7. The maximum absolute atomic E-state index is 12.6. The van der Waals surface area contributed by atoms with Crippen molar-refractivity contribution in [1.29, 1.82) is 0 Å². The van der Waals surface area contributed by atoms with E-state index in [-0.39, 0.29) is 23.2 Å². The number of hydrogen-bond acceptors (Lipinski definition) is 7. The standard InChI is InChI=1S/C23H22N6O4/c1-13(30)25-19-11-16(8-9-24-19)32-20-7-6-17-21(27-20)29(3)23(26-17)33-18-10-15(14-4-5-14)12-28(2)22(18)31/h6-12,14H,4-5H2,1-3H3,(H,24,25,30). The summed E-state index contributed by atoms with van der Waals surface area (Å²) < 4.78 is 15.0. The first-order chi connectivity index (χ1) is 15.9. The van der Waals surface area contributed by atoms with Gasteiger partial charge in [-0.15, -0.1) is 0 Å². The molecule has 0 aromatic carbocycles. The van der Waals surface area contributed by atoms with Gasteiger partial charge in [-0.05, 0) is 42.5 Å². The third-order valence-electron chi connectivity index (χ3n) is 5.33. The molecule has 33 heavy (non-hydrogen) atoms. The second kappa shape index (κ2) is 8.05. The number of nitrogens with zero attached hydrogens (tertiary/aromatic N) is 5. The Morgan fingerprint density at radius 1 is 1.12 bits per heavy atom. The number of carbonyl (C=O) groups is 1. The van der Waals surface area contributed by atoms with Crippen molar-refractivity contribution in [3.05, 3.63) is 58.6 Å². The van der Waals surface area contributed by atoms with Crippen LogP contribution in [0.5, 0.6) is 23.4 Å². The fourth-order valence-electron chi connectivity index (χ4n) is 3.54. The van der Waals surface area contributed by atoms with E-state index in [2.05, 4.69) is 20.3 Å².